The highest BCUT2D eigenvalue weighted by Gasteiger charge is 2.25. The molecule has 284 valence electrons. The Hall–Kier alpha value is -5.40. The number of para-hydroxylation sites is 1. The molecule has 0 aliphatic rings. The summed E-state index contributed by atoms with van der Waals surface area (Å²) < 4.78 is 12.4. The van der Waals surface area contributed by atoms with Crippen molar-refractivity contribution in [3.05, 3.63) is 119 Å². The van der Waals surface area contributed by atoms with Crippen LogP contribution in [0.1, 0.15) is 43.9 Å². The third kappa shape index (κ3) is 10.4. The summed E-state index contributed by atoms with van der Waals surface area (Å²) in [5.41, 5.74) is 3.47. The second-order valence-corrected chi connectivity index (χ2v) is 13.9. The molecular weight excluding hydrogens is 710 g/mol. The maximum absolute atomic E-state index is 13.1. The summed E-state index contributed by atoms with van der Waals surface area (Å²) in [6.07, 6.45) is -0.783. The highest BCUT2D eigenvalue weighted by molar-refractivity contribution is 6.36. The number of H-pyrrole nitrogens is 1. The molecule has 2 amide bonds. The lowest BCUT2D eigenvalue weighted by Gasteiger charge is -2.28. The van der Waals surface area contributed by atoms with E-state index in [1.54, 1.807) is 30.3 Å². The zero-order valence-corrected chi connectivity index (χ0v) is 31.5. The maximum Gasteiger partial charge on any atom is 0.412 e. The lowest BCUT2D eigenvalue weighted by Crippen LogP contribution is -2.35. The molecule has 1 unspecified atom stereocenters. The minimum atomic E-state index is -0.926. The Morgan fingerprint density at radius 2 is 1.70 bits per heavy atom. The standard InChI is InChI=1S/C41H46ClN5O7/c1-41(2,54-40(52)44-33-13-9-8-12-30(33)27-10-6-5-7-11-27)21-23-46(3)22-20-38(51)47(42)29-15-14-28(36(24-29)53-4)25-43-26-35(49)31-16-18-34(48)39-32(31)17-19-37(50)45-39/h5-19,24,35,43,48-49H,20-23,25-26H2,1-4H3,(H,44,52)(H,45,50). The van der Waals surface area contributed by atoms with E-state index >= 15 is 0 Å². The van der Waals surface area contributed by atoms with Gasteiger partial charge in [0.15, 0.2) is 0 Å². The van der Waals surface area contributed by atoms with Crippen LogP contribution >= 0.6 is 11.8 Å². The number of amides is 2. The number of anilines is 2. The number of phenols is 1. The minimum absolute atomic E-state index is 0.0786. The quantitative estimate of drug-likeness (QED) is 0.0672. The lowest BCUT2D eigenvalue weighted by molar-refractivity contribution is -0.117. The number of aliphatic hydroxyl groups is 1. The molecule has 0 saturated carbocycles. The molecular formula is C41H46ClN5O7. The number of rotatable bonds is 16. The number of aromatic hydroxyl groups is 1. The van der Waals surface area contributed by atoms with Gasteiger partial charge in [0.2, 0.25) is 11.5 Å². The largest absolute Gasteiger partial charge is 0.506 e. The molecule has 12 nitrogen and oxygen atoms in total. The first-order valence-electron chi connectivity index (χ1n) is 17.6. The third-order valence-corrected chi connectivity index (χ3v) is 9.44. The van der Waals surface area contributed by atoms with Gasteiger partial charge in [0.1, 0.15) is 17.1 Å². The van der Waals surface area contributed by atoms with Gasteiger partial charge in [-0.2, -0.15) is 0 Å². The van der Waals surface area contributed by atoms with E-state index in [2.05, 4.69) is 15.6 Å². The molecule has 0 aliphatic heterocycles. The van der Waals surface area contributed by atoms with Gasteiger partial charge in [-0.3, -0.25) is 14.9 Å². The smallest absolute Gasteiger partial charge is 0.412 e. The Bertz CT molecular complexity index is 2130. The van der Waals surface area contributed by atoms with Crippen LogP contribution in [0.2, 0.25) is 0 Å². The van der Waals surface area contributed by atoms with Gasteiger partial charge in [0, 0.05) is 73.0 Å². The molecule has 0 aliphatic carbocycles. The van der Waals surface area contributed by atoms with Crippen LogP contribution in [0.5, 0.6) is 11.5 Å². The SMILES string of the molecule is COc1cc(N(Cl)C(=O)CCN(C)CCC(C)(C)OC(=O)Nc2ccccc2-c2ccccc2)ccc1CNCC(O)c1ccc(O)c2[nH]c(=O)ccc12. The number of benzene rings is 4. The molecule has 54 heavy (non-hydrogen) atoms. The summed E-state index contributed by atoms with van der Waals surface area (Å²) >= 11 is 6.48. The third-order valence-electron chi connectivity index (χ3n) is 9.06. The number of aliphatic hydroxyl groups excluding tert-OH is 1. The number of carbonyl (C=O) groups is 2. The minimum Gasteiger partial charge on any atom is -0.506 e. The molecule has 5 aromatic rings. The van der Waals surface area contributed by atoms with Crippen LogP contribution in [-0.2, 0) is 16.1 Å². The Labute approximate surface area is 319 Å². The Balaban J connectivity index is 1.07. The Morgan fingerprint density at radius 1 is 0.963 bits per heavy atom. The van der Waals surface area contributed by atoms with Crippen molar-refractivity contribution in [3.63, 3.8) is 0 Å². The van der Waals surface area contributed by atoms with Crippen LogP contribution in [0, 0.1) is 0 Å². The topological polar surface area (TPSA) is 156 Å². The first-order chi connectivity index (χ1) is 25.8. The molecule has 0 saturated heterocycles. The van der Waals surface area contributed by atoms with Crippen LogP contribution in [0.4, 0.5) is 16.2 Å². The molecule has 0 fully saturated rings. The number of hydrogen-bond acceptors (Lipinski definition) is 9. The Kier molecular flexibility index (Phi) is 13.3. The number of nitrogens with one attached hydrogen (secondary N) is 3. The molecule has 0 bridgehead atoms. The van der Waals surface area contributed by atoms with Crippen molar-refractivity contribution >= 4 is 46.1 Å². The molecule has 0 radical (unpaired) electrons. The molecule has 5 N–H and O–H groups in total. The number of phenolic OH excluding ortho intramolecular Hbond substituents is 1. The van der Waals surface area contributed by atoms with Crippen molar-refractivity contribution in [1.82, 2.24) is 15.2 Å². The second-order valence-electron chi connectivity index (χ2n) is 13.6. The van der Waals surface area contributed by atoms with Crippen LogP contribution < -0.4 is 25.3 Å². The van der Waals surface area contributed by atoms with Crippen molar-refractivity contribution in [2.24, 2.45) is 0 Å². The predicted molar refractivity (Wildman–Crippen MR) is 212 cm³/mol. The van der Waals surface area contributed by atoms with Gasteiger partial charge < -0.3 is 34.9 Å². The van der Waals surface area contributed by atoms with Gasteiger partial charge in [-0.25, -0.2) is 9.21 Å². The van der Waals surface area contributed by atoms with Gasteiger partial charge in [-0.15, -0.1) is 0 Å². The van der Waals surface area contributed by atoms with Crippen molar-refractivity contribution < 1.29 is 29.3 Å². The molecule has 1 heterocycles. The average Bonchev–Trinajstić information content (AvgIpc) is 3.16. The maximum atomic E-state index is 13.1. The summed E-state index contributed by atoms with van der Waals surface area (Å²) in [7, 11) is 3.42. The fraction of sp³-hybridized carbons (Fsp3) is 0.293. The van der Waals surface area contributed by atoms with Crippen LogP contribution in [0.3, 0.4) is 0 Å². The van der Waals surface area contributed by atoms with E-state index in [-0.39, 0.29) is 35.7 Å². The number of hydrogen-bond donors (Lipinski definition) is 5. The number of aromatic amines is 1. The van der Waals surface area contributed by atoms with Crippen molar-refractivity contribution in [1.29, 1.82) is 0 Å². The van der Waals surface area contributed by atoms with Gasteiger partial charge in [0.05, 0.1) is 30.1 Å². The zero-order valence-electron chi connectivity index (χ0n) is 30.8. The zero-order chi connectivity index (χ0) is 38.8. The first-order valence-corrected chi connectivity index (χ1v) is 17.9. The van der Waals surface area contributed by atoms with Gasteiger partial charge in [0.25, 0.3) is 0 Å². The number of ether oxygens (including phenoxy) is 2. The van der Waals surface area contributed by atoms with Gasteiger partial charge >= 0.3 is 6.09 Å². The fourth-order valence-corrected chi connectivity index (χ4v) is 6.19. The van der Waals surface area contributed by atoms with E-state index in [0.29, 0.717) is 54.1 Å². The monoisotopic (exact) mass is 755 g/mol. The van der Waals surface area contributed by atoms with Crippen molar-refractivity contribution in [2.75, 3.05) is 43.5 Å². The van der Waals surface area contributed by atoms with Gasteiger partial charge in [-0.1, -0.05) is 60.7 Å². The summed E-state index contributed by atoms with van der Waals surface area (Å²) in [5, 5.41) is 27.7. The van der Waals surface area contributed by atoms with Crippen molar-refractivity contribution in [2.45, 2.75) is 44.9 Å². The number of aromatic nitrogens is 1. The number of nitrogens with zero attached hydrogens (tertiary/aromatic N) is 2. The number of halogens is 1. The lowest BCUT2D eigenvalue weighted by atomic mass is 10.0. The van der Waals surface area contributed by atoms with Crippen LogP contribution in [0.25, 0.3) is 22.0 Å². The first kappa shape index (κ1) is 39.8. The summed E-state index contributed by atoms with van der Waals surface area (Å²) in [4.78, 5) is 42.3. The van der Waals surface area contributed by atoms with E-state index in [4.69, 9.17) is 21.3 Å². The number of methoxy groups -OCH3 is 1. The predicted octanol–water partition coefficient (Wildman–Crippen LogP) is 6.96. The molecule has 4 aromatic carbocycles. The summed E-state index contributed by atoms with van der Waals surface area (Å²) in [5.74, 6) is 0.131. The molecule has 1 aromatic heterocycles. The molecule has 5 rings (SSSR count). The fourth-order valence-electron chi connectivity index (χ4n) is 6.00. The number of fused-ring (bicyclic) bond motifs is 1. The summed E-state index contributed by atoms with van der Waals surface area (Å²) in [6.45, 7) is 5.23. The van der Waals surface area contributed by atoms with Crippen LogP contribution in [0.15, 0.2) is 102 Å². The van der Waals surface area contributed by atoms with E-state index in [9.17, 15) is 24.6 Å². The van der Waals surface area contributed by atoms with Crippen LogP contribution in [-0.4, -0.2) is 71.5 Å². The number of pyridine rings is 1. The molecule has 1 atom stereocenters. The number of carbonyl (C=O) groups excluding carboxylic acids is 2. The second kappa shape index (κ2) is 18.1. The van der Waals surface area contributed by atoms with E-state index in [1.807, 2.05) is 80.4 Å². The summed E-state index contributed by atoms with van der Waals surface area (Å²) in [6, 6.07) is 28.5. The van der Waals surface area contributed by atoms with E-state index < -0.39 is 17.8 Å². The van der Waals surface area contributed by atoms with Gasteiger partial charge in [-0.05, 0) is 62.7 Å². The molecule has 0 spiro atoms. The normalized spacial score (nSPS) is 12.1. The molecule has 13 heteroatoms. The Morgan fingerprint density at radius 3 is 2.46 bits per heavy atom. The van der Waals surface area contributed by atoms with Crippen molar-refractivity contribution in [3.8, 4) is 22.6 Å². The highest BCUT2D eigenvalue weighted by Crippen LogP contribution is 2.31. The van der Waals surface area contributed by atoms with E-state index in [1.165, 1.54) is 19.2 Å². The highest BCUT2D eigenvalue weighted by atomic mass is 35.5. The van der Waals surface area contributed by atoms with E-state index in [0.717, 1.165) is 21.1 Å². The average molecular weight is 756 g/mol.